The molecule has 0 N–H and O–H groups in total. The topological polar surface area (TPSA) is 69.3 Å². The molecule has 1 aliphatic rings. The first-order chi connectivity index (χ1) is 23.5. The van der Waals surface area contributed by atoms with Crippen molar-refractivity contribution in [2.24, 2.45) is 0 Å². The minimum atomic E-state index is -0.382. The molecule has 1 aliphatic heterocycles. The van der Waals surface area contributed by atoms with E-state index in [2.05, 4.69) is 68.1 Å². The van der Waals surface area contributed by atoms with Crippen LogP contribution in [0.3, 0.4) is 0 Å². The molecule has 248 valence electrons. The Morgan fingerprint density at radius 1 is 0.878 bits per heavy atom. The number of nitrogens with zero attached hydrogens (tertiary/aromatic N) is 4. The summed E-state index contributed by atoms with van der Waals surface area (Å²) in [6.45, 7) is 10.5. The van der Waals surface area contributed by atoms with Gasteiger partial charge in [0.25, 0.3) is 11.5 Å². The lowest BCUT2D eigenvalue weighted by Crippen LogP contribution is -2.50. The molecule has 6 nitrogen and oxygen atoms in total. The fourth-order valence-corrected chi connectivity index (χ4v) is 7.52. The Morgan fingerprint density at radius 3 is 2.00 bits per heavy atom. The third kappa shape index (κ3) is 7.33. The van der Waals surface area contributed by atoms with E-state index in [9.17, 15) is 14.9 Å². The zero-order valence-electron chi connectivity index (χ0n) is 28.2. The van der Waals surface area contributed by atoms with Gasteiger partial charge in [0.15, 0.2) is 5.57 Å². The van der Waals surface area contributed by atoms with Crippen LogP contribution in [0, 0.1) is 18.3 Å². The van der Waals surface area contributed by atoms with Crippen LogP contribution in [0.25, 0.3) is 17.3 Å². The van der Waals surface area contributed by atoms with Crippen molar-refractivity contribution in [1.82, 2.24) is 14.4 Å². The third-order valence-corrected chi connectivity index (χ3v) is 10.5. The molecule has 1 aromatic heterocycles. The number of carbonyl (C=O) groups excluding carboxylic acids is 1. The fraction of sp³-hybridized carbons (Fsp3) is 0.244. The molecule has 8 heteroatoms. The van der Waals surface area contributed by atoms with E-state index in [4.69, 9.17) is 11.6 Å². The van der Waals surface area contributed by atoms with Crippen LogP contribution < -0.4 is 14.8 Å². The summed E-state index contributed by atoms with van der Waals surface area (Å²) < 4.78 is 2.18. The number of aryl methyl sites for hydroxylation is 1. The van der Waals surface area contributed by atoms with Gasteiger partial charge in [-0.3, -0.25) is 19.1 Å². The van der Waals surface area contributed by atoms with Gasteiger partial charge in [0, 0.05) is 31.2 Å². The number of aromatic nitrogens is 1. The molecule has 0 radical (unpaired) electrons. The Bertz CT molecular complexity index is 2150. The maximum atomic E-state index is 14.2. The highest BCUT2D eigenvalue weighted by Gasteiger charge is 2.30. The number of amides is 1. The van der Waals surface area contributed by atoms with Crippen LogP contribution in [-0.4, -0.2) is 46.5 Å². The number of piperazine rings is 1. The maximum absolute atomic E-state index is 14.2. The van der Waals surface area contributed by atoms with Crippen LogP contribution >= 0.6 is 22.9 Å². The molecule has 0 bridgehead atoms. The molecular formula is C41H39ClN4O2S. The van der Waals surface area contributed by atoms with Crippen LogP contribution in [-0.2, 0) is 10.2 Å². The Morgan fingerprint density at radius 2 is 1.47 bits per heavy atom. The molecule has 49 heavy (non-hydrogen) atoms. The Kier molecular flexibility index (Phi) is 10.0. The highest BCUT2D eigenvalue weighted by molar-refractivity contribution is 7.07. The smallest absolute Gasteiger partial charge is 0.273 e. The minimum Gasteiger partial charge on any atom is -0.335 e. The van der Waals surface area contributed by atoms with Crippen molar-refractivity contribution in [2.75, 3.05) is 26.2 Å². The van der Waals surface area contributed by atoms with Crippen LogP contribution in [0.1, 0.15) is 54.6 Å². The van der Waals surface area contributed by atoms with E-state index in [1.807, 2.05) is 67.6 Å². The quantitative estimate of drug-likeness (QED) is 0.202. The van der Waals surface area contributed by atoms with Gasteiger partial charge in [-0.05, 0) is 58.4 Å². The highest BCUT2D eigenvalue weighted by atomic mass is 35.5. The second kappa shape index (κ2) is 14.4. The second-order valence-electron chi connectivity index (χ2n) is 13.4. The lowest BCUT2D eigenvalue weighted by atomic mass is 9.87. The molecule has 2 heterocycles. The number of hydrogen-bond donors (Lipinski definition) is 0. The van der Waals surface area contributed by atoms with Crippen LogP contribution in [0.4, 0.5) is 0 Å². The Hall–Kier alpha value is -4.74. The van der Waals surface area contributed by atoms with Crippen LogP contribution in [0.2, 0.25) is 5.02 Å². The van der Waals surface area contributed by atoms with Crippen molar-refractivity contribution in [3.63, 3.8) is 0 Å². The van der Waals surface area contributed by atoms with Gasteiger partial charge in [0.1, 0.15) is 10.7 Å². The van der Waals surface area contributed by atoms with E-state index < -0.39 is 0 Å². The molecule has 6 rings (SSSR count). The Labute approximate surface area is 296 Å². The first-order valence-corrected chi connectivity index (χ1v) is 17.6. The second-order valence-corrected chi connectivity index (χ2v) is 14.8. The number of halogens is 1. The van der Waals surface area contributed by atoms with Crippen molar-refractivity contribution >= 4 is 40.5 Å². The SMILES string of the molecule is Cc1ccc(-n2c(=O)/c(=C/c3ccc(C(C)(C)C)cc3)s/c2=C(/C#N)C(=O)N2CCN(C(c3ccccc3)c3ccccc3)CC2)cc1Cl. The van der Waals surface area contributed by atoms with Gasteiger partial charge >= 0.3 is 0 Å². The zero-order valence-corrected chi connectivity index (χ0v) is 29.8. The summed E-state index contributed by atoms with van der Waals surface area (Å²) >= 11 is 7.67. The van der Waals surface area contributed by atoms with Crippen molar-refractivity contribution in [3.05, 3.63) is 156 Å². The molecule has 0 aliphatic carbocycles. The van der Waals surface area contributed by atoms with Crippen molar-refractivity contribution in [1.29, 1.82) is 5.26 Å². The predicted octanol–water partition coefficient (Wildman–Crippen LogP) is 6.60. The summed E-state index contributed by atoms with van der Waals surface area (Å²) in [7, 11) is 0. The van der Waals surface area contributed by atoms with Crippen molar-refractivity contribution in [3.8, 4) is 11.8 Å². The van der Waals surface area contributed by atoms with Gasteiger partial charge in [-0.1, -0.05) is 123 Å². The molecule has 0 unspecified atom stereocenters. The zero-order chi connectivity index (χ0) is 34.7. The summed E-state index contributed by atoms with van der Waals surface area (Å²) in [6, 6.07) is 36.5. The Balaban J connectivity index is 1.38. The highest BCUT2D eigenvalue weighted by Crippen LogP contribution is 2.30. The summed E-state index contributed by atoms with van der Waals surface area (Å²) in [5.74, 6) is -0.382. The van der Waals surface area contributed by atoms with E-state index in [1.165, 1.54) is 21.3 Å². The van der Waals surface area contributed by atoms with Crippen LogP contribution in [0.5, 0.6) is 0 Å². The van der Waals surface area contributed by atoms with E-state index >= 15 is 0 Å². The van der Waals surface area contributed by atoms with E-state index in [1.54, 1.807) is 17.0 Å². The van der Waals surface area contributed by atoms with Crippen molar-refractivity contribution in [2.45, 2.75) is 39.2 Å². The number of hydrogen-bond acceptors (Lipinski definition) is 5. The van der Waals surface area contributed by atoms with Gasteiger partial charge < -0.3 is 4.90 Å². The first-order valence-electron chi connectivity index (χ1n) is 16.4. The number of carbonyl (C=O) groups is 1. The van der Waals surface area contributed by atoms with Crippen LogP contribution in [0.15, 0.2) is 108 Å². The van der Waals surface area contributed by atoms with Gasteiger partial charge in [0.2, 0.25) is 0 Å². The van der Waals surface area contributed by atoms with E-state index in [0.717, 1.165) is 22.5 Å². The summed E-state index contributed by atoms with van der Waals surface area (Å²) in [5.41, 5.74) is 5.43. The average molecular weight is 687 g/mol. The molecule has 1 amide bonds. The lowest BCUT2D eigenvalue weighted by Gasteiger charge is -2.39. The standard InChI is InChI=1S/C41H39ClN4O2S/c1-28-15-20-33(26-35(28)42)46-39(48)36(25-29-16-18-32(19-17-29)41(2,3)4)49-40(46)34(27-43)38(47)45-23-21-44(22-24-45)37(30-11-7-5-8-12-30)31-13-9-6-10-14-31/h5-20,25-26,37H,21-24H2,1-4H3/b36-25-,40-34-. The van der Waals surface area contributed by atoms with E-state index in [0.29, 0.717) is 46.1 Å². The molecule has 0 atom stereocenters. The molecule has 1 fully saturated rings. The third-order valence-electron chi connectivity index (χ3n) is 9.05. The number of rotatable bonds is 6. The normalized spacial score (nSPS) is 15.0. The van der Waals surface area contributed by atoms with Gasteiger partial charge in [-0.15, -0.1) is 11.3 Å². The number of thiazole rings is 1. The molecule has 4 aromatic carbocycles. The fourth-order valence-electron chi connectivity index (χ4n) is 6.25. The minimum absolute atomic E-state index is 0.00143. The largest absolute Gasteiger partial charge is 0.335 e. The maximum Gasteiger partial charge on any atom is 0.273 e. The monoisotopic (exact) mass is 686 g/mol. The van der Waals surface area contributed by atoms with Gasteiger partial charge in [0.05, 0.1) is 16.3 Å². The summed E-state index contributed by atoms with van der Waals surface area (Å²) in [5, 5.41) is 11.0. The lowest BCUT2D eigenvalue weighted by molar-refractivity contribution is -0.126. The van der Waals surface area contributed by atoms with Gasteiger partial charge in [-0.25, -0.2) is 0 Å². The molecule has 0 spiro atoms. The van der Waals surface area contributed by atoms with Crippen molar-refractivity contribution < 1.29 is 4.79 Å². The average Bonchev–Trinajstić information content (AvgIpc) is 3.42. The first kappa shape index (κ1) is 34.1. The molecule has 5 aromatic rings. The summed E-state index contributed by atoms with van der Waals surface area (Å²) in [6.07, 6.45) is 1.82. The molecular weight excluding hydrogens is 648 g/mol. The van der Waals surface area contributed by atoms with Gasteiger partial charge in [-0.2, -0.15) is 5.26 Å². The number of benzene rings is 4. The predicted molar refractivity (Wildman–Crippen MR) is 200 cm³/mol. The molecule has 0 saturated carbocycles. The van der Waals surface area contributed by atoms with E-state index in [-0.39, 0.29) is 28.5 Å². The summed E-state index contributed by atoms with van der Waals surface area (Å²) in [4.78, 5) is 32.3. The number of nitriles is 1. The molecule has 1 saturated heterocycles.